The molecule has 7 heteroatoms. The highest BCUT2D eigenvalue weighted by atomic mass is 19.1. The third-order valence-corrected chi connectivity index (χ3v) is 9.62. The number of aliphatic carboxylic acids is 1. The van der Waals surface area contributed by atoms with Crippen LogP contribution < -0.4 is 9.47 Å². The summed E-state index contributed by atoms with van der Waals surface area (Å²) in [4.78, 5) is 18.4. The van der Waals surface area contributed by atoms with Crippen molar-refractivity contribution >= 4 is 5.97 Å². The Bertz CT molecular complexity index is 1450. The maximum Gasteiger partial charge on any atom is 0.306 e. The number of likely N-dealkylation sites (tertiary alicyclic amines) is 1. The van der Waals surface area contributed by atoms with Crippen molar-refractivity contribution in [1.29, 1.82) is 0 Å². The Balaban J connectivity index is 1.32. The second kappa shape index (κ2) is 12.0. The molecule has 1 saturated heterocycles. The van der Waals surface area contributed by atoms with E-state index in [1.807, 2.05) is 13.0 Å². The van der Waals surface area contributed by atoms with Crippen molar-refractivity contribution in [1.82, 2.24) is 9.88 Å². The number of nitrogens with zero attached hydrogens (tertiary/aromatic N) is 2. The lowest BCUT2D eigenvalue weighted by Gasteiger charge is -2.34. The number of hydrogen-bond donors (Lipinski definition) is 1. The number of aromatic nitrogens is 1. The molecule has 3 aromatic rings. The molecule has 222 valence electrons. The number of carboxylic acids is 1. The van der Waals surface area contributed by atoms with Gasteiger partial charge in [-0.15, -0.1) is 0 Å². The van der Waals surface area contributed by atoms with Gasteiger partial charge in [-0.25, -0.2) is 9.37 Å². The lowest BCUT2D eigenvalue weighted by Crippen LogP contribution is -2.36. The van der Waals surface area contributed by atoms with Crippen molar-refractivity contribution < 1.29 is 23.8 Å². The third kappa shape index (κ3) is 5.89. The summed E-state index contributed by atoms with van der Waals surface area (Å²) in [5.74, 6) is 0.114. The highest BCUT2D eigenvalue weighted by Gasteiger charge is 2.39. The zero-order chi connectivity index (χ0) is 29.4. The molecule has 6 nitrogen and oxygen atoms in total. The molecule has 0 radical (unpaired) electrons. The normalized spacial score (nSPS) is 22.1. The molecule has 1 aromatic heterocycles. The van der Waals surface area contributed by atoms with Gasteiger partial charge < -0.3 is 14.6 Å². The Hall–Kier alpha value is -3.45. The zero-order valence-electron chi connectivity index (χ0n) is 24.8. The number of piperidine rings is 1. The molecule has 3 heterocycles. The first kappa shape index (κ1) is 28.7. The van der Waals surface area contributed by atoms with Crippen molar-refractivity contribution in [3.05, 3.63) is 76.7 Å². The van der Waals surface area contributed by atoms with Gasteiger partial charge >= 0.3 is 5.97 Å². The SMILES string of the molecule is COc1cc(-c2ccc([C@H]3CCc4ccc([C@H](C5CC5)[C@H](C)C(=O)O)cc4O3)cc2CN2CCCC[C@H]2C)c(F)cn1. The van der Waals surface area contributed by atoms with Crippen molar-refractivity contribution in [2.45, 2.75) is 83.4 Å². The van der Waals surface area contributed by atoms with Crippen molar-refractivity contribution in [2.24, 2.45) is 11.8 Å². The molecule has 0 amide bonds. The fraction of sp³-hybridized carbons (Fsp3) is 0.486. The molecule has 2 aliphatic heterocycles. The average Bonchev–Trinajstić information content (AvgIpc) is 3.83. The van der Waals surface area contributed by atoms with Crippen LogP contribution in [0.3, 0.4) is 0 Å². The number of benzene rings is 2. The number of ether oxygens (including phenoxy) is 2. The molecule has 1 N–H and O–H groups in total. The molecule has 0 unspecified atom stereocenters. The van der Waals surface area contributed by atoms with Gasteiger partial charge in [0.05, 0.1) is 19.2 Å². The molecular weight excluding hydrogens is 531 g/mol. The smallest absolute Gasteiger partial charge is 0.306 e. The van der Waals surface area contributed by atoms with Crippen LogP contribution in [0.1, 0.15) is 86.6 Å². The lowest BCUT2D eigenvalue weighted by molar-refractivity contribution is -0.142. The number of halogens is 1. The van der Waals surface area contributed by atoms with Crippen LogP contribution in [-0.4, -0.2) is 40.7 Å². The summed E-state index contributed by atoms with van der Waals surface area (Å²) < 4.78 is 27.1. The van der Waals surface area contributed by atoms with E-state index in [2.05, 4.69) is 47.1 Å². The average molecular weight is 573 g/mol. The molecule has 1 aliphatic carbocycles. The Kier molecular flexibility index (Phi) is 8.22. The first-order valence-corrected chi connectivity index (χ1v) is 15.4. The predicted octanol–water partition coefficient (Wildman–Crippen LogP) is 7.55. The van der Waals surface area contributed by atoms with Gasteiger partial charge in [-0.05, 0) is 97.7 Å². The van der Waals surface area contributed by atoms with Crippen LogP contribution in [0.4, 0.5) is 4.39 Å². The first-order chi connectivity index (χ1) is 20.3. The highest BCUT2D eigenvalue weighted by molar-refractivity contribution is 5.71. The zero-order valence-corrected chi connectivity index (χ0v) is 24.8. The summed E-state index contributed by atoms with van der Waals surface area (Å²) in [6, 6.07) is 14.7. The van der Waals surface area contributed by atoms with E-state index < -0.39 is 11.9 Å². The third-order valence-electron chi connectivity index (χ3n) is 9.62. The minimum Gasteiger partial charge on any atom is -0.485 e. The number of rotatable bonds is 9. The van der Waals surface area contributed by atoms with E-state index in [0.29, 0.717) is 23.4 Å². The standard InChI is InChI=1S/C35H41FN2O4/c1-21-6-4-5-15-38(21)20-27-16-25(11-13-28(27)29-18-33(41-3)37-19-30(29)36)31-14-12-23-7-10-26(17-32(23)42-31)34(24-8-9-24)22(2)35(39)40/h7,10-11,13,16-19,21-22,24,31,34H,4-6,8-9,12,14-15,20H2,1-3H3,(H,39,40)/t21-,22+,31-,34+/m1/s1. The molecule has 42 heavy (non-hydrogen) atoms. The van der Waals surface area contributed by atoms with Crippen molar-refractivity contribution in [3.8, 4) is 22.8 Å². The minimum atomic E-state index is -0.748. The molecule has 6 rings (SSSR count). The van der Waals surface area contributed by atoms with Crippen LogP contribution in [0.2, 0.25) is 0 Å². The van der Waals surface area contributed by atoms with E-state index in [9.17, 15) is 9.90 Å². The largest absolute Gasteiger partial charge is 0.485 e. The summed E-state index contributed by atoms with van der Waals surface area (Å²) in [7, 11) is 1.54. The first-order valence-electron chi connectivity index (χ1n) is 15.4. The van der Waals surface area contributed by atoms with E-state index in [1.165, 1.54) is 25.5 Å². The van der Waals surface area contributed by atoms with Gasteiger partial charge in [0.25, 0.3) is 0 Å². The van der Waals surface area contributed by atoms with Gasteiger partial charge in [-0.3, -0.25) is 9.69 Å². The topological polar surface area (TPSA) is 71.9 Å². The van der Waals surface area contributed by atoms with E-state index in [1.54, 1.807) is 13.2 Å². The van der Waals surface area contributed by atoms with Crippen LogP contribution >= 0.6 is 0 Å². The number of carbonyl (C=O) groups is 1. The number of fused-ring (bicyclic) bond motifs is 1. The van der Waals surface area contributed by atoms with Gasteiger partial charge in [-0.1, -0.05) is 43.7 Å². The summed E-state index contributed by atoms with van der Waals surface area (Å²) >= 11 is 0. The maximum absolute atomic E-state index is 15.1. The van der Waals surface area contributed by atoms with Crippen LogP contribution in [0, 0.1) is 17.7 Å². The number of pyridine rings is 1. The van der Waals surface area contributed by atoms with Crippen LogP contribution in [0.25, 0.3) is 11.1 Å². The van der Waals surface area contributed by atoms with Gasteiger partial charge in [0.15, 0.2) is 0 Å². The van der Waals surface area contributed by atoms with Crippen LogP contribution in [0.5, 0.6) is 11.6 Å². The summed E-state index contributed by atoms with van der Waals surface area (Å²) in [5, 5.41) is 9.76. The second-order valence-electron chi connectivity index (χ2n) is 12.4. The van der Waals surface area contributed by atoms with Crippen LogP contribution in [-0.2, 0) is 17.8 Å². The lowest BCUT2D eigenvalue weighted by atomic mass is 9.82. The summed E-state index contributed by atoms with van der Waals surface area (Å²) in [6.45, 7) is 5.86. The highest BCUT2D eigenvalue weighted by Crippen LogP contribution is 2.48. The monoisotopic (exact) mass is 572 g/mol. The Labute approximate surface area is 247 Å². The molecular formula is C35H41FN2O4. The predicted molar refractivity (Wildman–Crippen MR) is 160 cm³/mol. The number of aryl methyl sites for hydroxylation is 1. The maximum atomic E-state index is 15.1. The number of methoxy groups -OCH3 is 1. The van der Waals surface area contributed by atoms with Gasteiger partial charge in [0, 0.05) is 24.2 Å². The van der Waals surface area contributed by atoms with E-state index in [4.69, 9.17) is 9.47 Å². The Morgan fingerprint density at radius 3 is 2.69 bits per heavy atom. The quantitative estimate of drug-likeness (QED) is 0.285. The fourth-order valence-electron chi connectivity index (χ4n) is 6.96. The molecule has 2 aromatic carbocycles. The summed E-state index contributed by atoms with van der Waals surface area (Å²) in [5.41, 5.74) is 5.71. The van der Waals surface area contributed by atoms with Gasteiger partial charge in [0.1, 0.15) is 17.7 Å². The molecule has 1 saturated carbocycles. The number of carboxylic acid groups (broad SMARTS) is 1. The molecule has 0 bridgehead atoms. The minimum absolute atomic E-state index is 0.00134. The van der Waals surface area contributed by atoms with E-state index in [-0.39, 0.29) is 17.8 Å². The van der Waals surface area contributed by atoms with Gasteiger partial charge in [0.2, 0.25) is 5.88 Å². The van der Waals surface area contributed by atoms with Crippen LogP contribution in [0.15, 0.2) is 48.7 Å². The fourth-order valence-corrected chi connectivity index (χ4v) is 6.96. The summed E-state index contributed by atoms with van der Waals surface area (Å²) in [6.07, 6.45) is 8.57. The molecule has 4 atom stereocenters. The Morgan fingerprint density at radius 2 is 1.95 bits per heavy atom. The van der Waals surface area contributed by atoms with E-state index >= 15 is 4.39 Å². The Morgan fingerprint density at radius 1 is 1.12 bits per heavy atom. The molecule has 3 aliphatic rings. The van der Waals surface area contributed by atoms with E-state index in [0.717, 1.165) is 72.3 Å². The van der Waals surface area contributed by atoms with Crippen molar-refractivity contribution in [3.63, 3.8) is 0 Å². The van der Waals surface area contributed by atoms with Gasteiger partial charge in [-0.2, -0.15) is 0 Å². The number of hydrogen-bond acceptors (Lipinski definition) is 5. The second-order valence-corrected chi connectivity index (χ2v) is 12.4. The van der Waals surface area contributed by atoms with Crippen molar-refractivity contribution in [2.75, 3.05) is 13.7 Å². The molecule has 0 spiro atoms. The molecule has 2 fully saturated rings.